The molecule has 1 aromatic carbocycles. The minimum atomic E-state index is -4.44. The van der Waals surface area contributed by atoms with Gasteiger partial charge in [0.15, 0.2) is 16.4 Å². The number of benzene rings is 1. The summed E-state index contributed by atoms with van der Waals surface area (Å²) >= 11 is 0. The fraction of sp³-hybridized carbons (Fsp3) is 0.462. The number of hydrogen-bond donors (Lipinski definition) is 2. The lowest BCUT2D eigenvalue weighted by molar-refractivity contribution is -0.388. The third kappa shape index (κ3) is 3.74. The van der Waals surface area contributed by atoms with Crippen LogP contribution in [0.2, 0.25) is 0 Å². The number of rotatable bonds is 7. The Labute approximate surface area is 137 Å². The van der Waals surface area contributed by atoms with Crippen LogP contribution in [0, 0.1) is 10.1 Å². The van der Waals surface area contributed by atoms with Crippen LogP contribution in [0.15, 0.2) is 17.0 Å². The number of nitrogens with one attached hydrogen (secondary N) is 1. The zero-order valence-corrected chi connectivity index (χ0v) is 13.5. The minimum Gasteiger partial charge on any atom is -0.486 e. The fourth-order valence-electron chi connectivity index (χ4n) is 2.19. The first-order valence-corrected chi connectivity index (χ1v) is 8.57. The second-order valence-electron chi connectivity index (χ2n) is 5.02. The number of aliphatic carboxylic acids is 1. The Balaban J connectivity index is 2.48. The van der Waals surface area contributed by atoms with E-state index in [9.17, 15) is 23.3 Å². The third-order valence-electron chi connectivity index (χ3n) is 3.28. The van der Waals surface area contributed by atoms with Crippen molar-refractivity contribution >= 4 is 21.7 Å². The number of fused-ring (bicyclic) bond motifs is 1. The van der Waals surface area contributed by atoms with Crippen LogP contribution in [0.3, 0.4) is 0 Å². The molecule has 10 nitrogen and oxygen atoms in total. The van der Waals surface area contributed by atoms with Crippen molar-refractivity contribution in [1.29, 1.82) is 0 Å². The van der Waals surface area contributed by atoms with Crippen LogP contribution in [0.4, 0.5) is 5.69 Å². The molecule has 0 spiro atoms. The Bertz CT molecular complexity index is 761. The molecule has 11 heteroatoms. The van der Waals surface area contributed by atoms with E-state index in [0.717, 1.165) is 12.1 Å². The smallest absolute Gasteiger partial charge is 0.321 e. The molecule has 2 N–H and O–H groups in total. The van der Waals surface area contributed by atoms with Crippen LogP contribution in [0.1, 0.15) is 19.8 Å². The Morgan fingerprint density at radius 1 is 1.38 bits per heavy atom. The SMILES string of the molecule is CCCC(NS(=O)(=O)c1cc2c(cc1[N+](=O)[O-])OCCO2)C(=O)O. The molecule has 0 fully saturated rings. The summed E-state index contributed by atoms with van der Waals surface area (Å²) in [5.41, 5.74) is -0.715. The molecular weight excluding hydrogens is 344 g/mol. The maximum Gasteiger partial charge on any atom is 0.321 e. The van der Waals surface area contributed by atoms with Crippen molar-refractivity contribution in [3.05, 3.63) is 22.2 Å². The molecule has 1 unspecified atom stereocenters. The zero-order chi connectivity index (χ0) is 17.9. The van der Waals surface area contributed by atoms with Gasteiger partial charge in [0, 0.05) is 6.07 Å². The zero-order valence-electron chi connectivity index (χ0n) is 12.7. The molecule has 132 valence electrons. The highest BCUT2D eigenvalue weighted by Gasteiger charge is 2.33. The number of sulfonamides is 1. The maximum absolute atomic E-state index is 12.5. The summed E-state index contributed by atoms with van der Waals surface area (Å²) < 4.78 is 37.3. The van der Waals surface area contributed by atoms with Crippen LogP contribution in [0.25, 0.3) is 0 Å². The number of carboxylic acids is 1. The normalized spacial score (nSPS) is 14.9. The molecule has 24 heavy (non-hydrogen) atoms. The average molecular weight is 360 g/mol. The van der Waals surface area contributed by atoms with Gasteiger partial charge in [0.25, 0.3) is 5.69 Å². The van der Waals surface area contributed by atoms with Gasteiger partial charge in [-0.15, -0.1) is 0 Å². The number of nitro benzene ring substituents is 1. The molecule has 1 heterocycles. The van der Waals surface area contributed by atoms with Crippen LogP contribution in [-0.4, -0.2) is 43.7 Å². The molecule has 2 rings (SSSR count). The Morgan fingerprint density at radius 2 is 1.96 bits per heavy atom. The van der Waals surface area contributed by atoms with Gasteiger partial charge in [0.05, 0.1) is 11.0 Å². The van der Waals surface area contributed by atoms with Crippen LogP contribution < -0.4 is 14.2 Å². The number of carboxylic acid groups (broad SMARTS) is 1. The average Bonchev–Trinajstić information content (AvgIpc) is 2.52. The van der Waals surface area contributed by atoms with E-state index in [0.29, 0.717) is 6.42 Å². The summed E-state index contributed by atoms with van der Waals surface area (Å²) in [5, 5.41) is 20.3. The second kappa shape index (κ2) is 7.01. The Morgan fingerprint density at radius 3 is 2.46 bits per heavy atom. The fourth-order valence-corrected chi connectivity index (χ4v) is 3.58. The van der Waals surface area contributed by atoms with E-state index in [1.807, 2.05) is 4.72 Å². The van der Waals surface area contributed by atoms with Crippen molar-refractivity contribution in [2.24, 2.45) is 0 Å². The molecule has 0 saturated heterocycles. The predicted molar refractivity (Wildman–Crippen MR) is 80.7 cm³/mol. The van der Waals surface area contributed by atoms with Gasteiger partial charge in [-0.1, -0.05) is 13.3 Å². The van der Waals surface area contributed by atoms with Gasteiger partial charge < -0.3 is 14.6 Å². The number of nitrogens with zero attached hydrogens (tertiary/aromatic N) is 1. The highest BCUT2D eigenvalue weighted by atomic mass is 32.2. The minimum absolute atomic E-state index is 0.0485. The maximum atomic E-state index is 12.5. The van der Waals surface area contributed by atoms with Crippen molar-refractivity contribution in [1.82, 2.24) is 4.72 Å². The molecule has 1 aliphatic rings. The number of carbonyl (C=O) groups is 1. The predicted octanol–water partition coefficient (Wildman–Crippen LogP) is 0.898. The lowest BCUT2D eigenvalue weighted by atomic mass is 10.2. The molecule has 0 bridgehead atoms. The van der Waals surface area contributed by atoms with Crippen molar-refractivity contribution < 1.29 is 32.7 Å². The lowest BCUT2D eigenvalue weighted by Gasteiger charge is -2.20. The van der Waals surface area contributed by atoms with Crippen LogP contribution in [-0.2, 0) is 14.8 Å². The Hall–Kier alpha value is -2.40. The molecule has 0 amide bonds. The van der Waals surface area contributed by atoms with E-state index in [2.05, 4.69) is 0 Å². The molecule has 1 atom stereocenters. The van der Waals surface area contributed by atoms with E-state index in [1.54, 1.807) is 6.92 Å². The molecular formula is C13H16N2O8S. The molecule has 0 radical (unpaired) electrons. The number of ether oxygens (including phenoxy) is 2. The van der Waals surface area contributed by atoms with Crippen molar-refractivity contribution in [2.45, 2.75) is 30.7 Å². The molecule has 1 aliphatic heterocycles. The summed E-state index contributed by atoms with van der Waals surface area (Å²) in [6, 6.07) is 0.547. The number of nitro groups is 1. The van der Waals surface area contributed by atoms with E-state index < -0.39 is 37.5 Å². The van der Waals surface area contributed by atoms with Gasteiger partial charge in [0.2, 0.25) is 10.0 Å². The highest BCUT2D eigenvalue weighted by molar-refractivity contribution is 7.89. The summed E-state index contributed by atoms with van der Waals surface area (Å²) in [4.78, 5) is 20.8. The van der Waals surface area contributed by atoms with E-state index in [-0.39, 0.29) is 31.1 Å². The van der Waals surface area contributed by atoms with Gasteiger partial charge in [-0.2, -0.15) is 4.72 Å². The van der Waals surface area contributed by atoms with Gasteiger partial charge in [-0.3, -0.25) is 14.9 Å². The lowest BCUT2D eigenvalue weighted by Crippen LogP contribution is -2.40. The van der Waals surface area contributed by atoms with Crippen LogP contribution >= 0.6 is 0 Å². The quantitative estimate of drug-likeness (QED) is 0.539. The molecule has 0 aliphatic carbocycles. The van der Waals surface area contributed by atoms with E-state index in [1.165, 1.54) is 0 Å². The first-order chi connectivity index (χ1) is 11.3. The van der Waals surface area contributed by atoms with Gasteiger partial charge in [-0.05, 0) is 6.42 Å². The summed E-state index contributed by atoms with van der Waals surface area (Å²) in [7, 11) is -4.44. The number of hydrogen-bond acceptors (Lipinski definition) is 7. The summed E-state index contributed by atoms with van der Waals surface area (Å²) in [6.45, 7) is 2.05. The summed E-state index contributed by atoms with van der Waals surface area (Å²) in [6.07, 6.45) is 0.468. The van der Waals surface area contributed by atoms with Gasteiger partial charge in [-0.25, -0.2) is 8.42 Å². The largest absolute Gasteiger partial charge is 0.486 e. The van der Waals surface area contributed by atoms with Crippen molar-refractivity contribution in [2.75, 3.05) is 13.2 Å². The Kier molecular flexibility index (Phi) is 5.24. The second-order valence-corrected chi connectivity index (χ2v) is 6.70. The van der Waals surface area contributed by atoms with Crippen molar-refractivity contribution in [3.8, 4) is 11.5 Å². The molecule has 1 aromatic rings. The van der Waals surface area contributed by atoms with E-state index >= 15 is 0 Å². The van der Waals surface area contributed by atoms with Crippen molar-refractivity contribution in [3.63, 3.8) is 0 Å². The molecule has 0 aromatic heterocycles. The van der Waals surface area contributed by atoms with Gasteiger partial charge >= 0.3 is 5.97 Å². The first kappa shape index (κ1) is 17.9. The van der Waals surface area contributed by atoms with E-state index in [4.69, 9.17) is 14.6 Å². The topological polar surface area (TPSA) is 145 Å². The van der Waals surface area contributed by atoms with Gasteiger partial charge in [0.1, 0.15) is 19.3 Å². The molecule has 0 saturated carbocycles. The standard InChI is InChI=1S/C13H16N2O8S/c1-2-3-8(13(16)17)14-24(20,21)12-7-11-10(22-4-5-23-11)6-9(12)15(18)19/h6-8,14H,2-5H2,1H3,(H,16,17). The third-order valence-corrected chi connectivity index (χ3v) is 4.78. The monoisotopic (exact) mass is 360 g/mol. The first-order valence-electron chi connectivity index (χ1n) is 7.09. The highest BCUT2D eigenvalue weighted by Crippen LogP contribution is 2.38. The summed E-state index contributed by atoms with van der Waals surface area (Å²) in [5.74, 6) is -1.24. The van der Waals surface area contributed by atoms with Crippen LogP contribution in [0.5, 0.6) is 11.5 Å².